The molecule has 1 aliphatic heterocycles. The normalized spacial score (nSPS) is 20.3. The third-order valence-corrected chi connectivity index (χ3v) is 4.90. The second-order valence-corrected chi connectivity index (χ2v) is 6.49. The minimum Gasteiger partial charge on any atom is -0.381 e. The predicted molar refractivity (Wildman–Crippen MR) is 96.3 cm³/mol. The van der Waals surface area contributed by atoms with E-state index in [1.807, 2.05) is 18.2 Å². The van der Waals surface area contributed by atoms with Crippen LogP contribution in [0.5, 0.6) is 0 Å². The fourth-order valence-corrected chi connectivity index (χ4v) is 3.45. The Kier molecular flexibility index (Phi) is 5.47. The van der Waals surface area contributed by atoms with Gasteiger partial charge in [-0.3, -0.25) is 4.79 Å². The van der Waals surface area contributed by atoms with Crippen LogP contribution in [0, 0.1) is 11.3 Å². The largest absolute Gasteiger partial charge is 0.381 e. The van der Waals surface area contributed by atoms with Gasteiger partial charge >= 0.3 is 0 Å². The number of carbonyl (C=O) groups is 1. The maximum atomic E-state index is 12.6. The molecular weight excluding hydrogens is 312 g/mol. The minimum atomic E-state index is -0.141. The number of amides is 1. The molecule has 128 valence electrons. The minimum absolute atomic E-state index is 0.111. The average molecular weight is 334 g/mol. The Hall–Kier alpha value is -2.64. The molecule has 1 aliphatic rings. The molecule has 0 radical (unpaired) electrons. The van der Waals surface area contributed by atoms with E-state index in [4.69, 9.17) is 10.00 Å². The Morgan fingerprint density at radius 2 is 1.96 bits per heavy atom. The summed E-state index contributed by atoms with van der Waals surface area (Å²) in [6.45, 7) is 2.04. The van der Waals surface area contributed by atoms with Gasteiger partial charge in [-0.1, -0.05) is 36.4 Å². The zero-order chi connectivity index (χ0) is 17.5. The number of nitriles is 1. The maximum absolute atomic E-state index is 12.6. The Labute approximate surface area is 148 Å². The fraction of sp³-hybridized carbons (Fsp3) is 0.333. The molecule has 4 heteroatoms. The van der Waals surface area contributed by atoms with Gasteiger partial charge < -0.3 is 10.1 Å². The lowest BCUT2D eigenvalue weighted by Crippen LogP contribution is -2.41. The van der Waals surface area contributed by atoms with Crippen LogP contribution in [0.4, 0.5) is 0 Å². The molecule has 0 spiro atoms. The van der Waals surface area contributed by atoms with E-state index in [1.54, 1.807) is 24.3 Å². The lowest BCUT2D eigenvalue weighted by molar-refractivity contribution is 0.0937. The first-order valence-corrected chi connectivity index (χ1v) is 8.65. The first kappa shape index (κ1) is 17.2. The molecule has 1 heterocycles. The second-order valence-electron chi connectivity index (χ2n) is 6.49. The smallest absolute Gasteiger partial charge is 0.251 e. The SMILES string of the molecule is N#Cc1cccc(C(=O)NC[C@]2(c3ccccc3)CCCOCC2)c1. The van der Waals surface area contributed by atoms with Gasteiger partial charge in [0.05, 0.1) is 11.6 Å². The summed E-state index contributed by atoms with van der Waals surface area (Å²) in [6, 6.07) is 19.2. The average Bonchev–Trinajstić information content (AvgIpc) is 2.93. The second kappa shape index (κ2) is 7.96. The van der Waals surface area contributed by atoms with Crippen molar-refractivity contribution in [2.24, 2.45) is 0 Å². The quantitative estimate of drug-likeness (QED) is 0.932. The van der Waals surface area contributed by atoms with E-state index in [0.717, 1.165) is 25.9 Å². The Morgan fingerprint density at radius 3 is 2.76 bits per heavy atom. The van der Waals surface area contributed by atoms with Crippen molar-refractivity contribution in [3.05, 3.63) is 71.3 Å². The zero-order valence-corrected chi connectivity index (χ0v) is 14.2. The van der Waals surface area contributed by atoms with Crippen LogP contribution in [0.2, 0.25) is 0 Å². The van der Waals surface area contributed by atoms with Crippen molar-refractivity contribution in [2.45, 2.75) is 24.7 Å². The van der Waals surface area contributed by atoms with Crippen LogP contribution in [-0.2, 0) is 10.2 Å². The molecule has 1 amide bonds. The number of nitrogens with one attached hydrogen (secondary N) is 1. The summed E-state index contributed by atoms with van der Waals surface area (Å²) in [4.78, 5) is 12.6. The standard InChI is InChI=1S/C21H22N2O2/c22-15-17-6-4-7-18(14-17)20(24)23-16-21(10-5-12-25-13-11-21)19-8-2-1-3-9-19/h1-4,6-9,14H,5,10-13,16H2,(H,23,24)/t21-/m0/s1. The topological polar surface area (TPSA) is 62.1 Å². The van der Waals surface area contributed by atoms with Crippen molar-refractivity contribution >= 4 is 5.91 Å². The third kappa shape index (κ3) is 4.07. The van der Waals surface area contributed by atoms with Crippen LogP contribution >= 0.6 is 0 Å². The van der Waals surface area contributed by atoms with Gasteiger partial charge in [0.15, 0.2) is 0 Å². The summed E-state index contributed by atoms with van der Waals surface area (Å²) >= 11 is 0. The van der Waals surface area contributed by atoms with Gasteiger partial charge in [-0.15, -0.1) is 0 Å². The Bertz CT molecular complexity index is 757. The number of hydrogen-bond donors (Lipinski definition) is 1. The summed E-state index contributed by atoms with van der Waals surface area (Å²) < 4.78 is 5.64. The lowest BCUT2D eigenvalue weighted by atomic mass is 9.74. The van der Waals surface area contributed by atoms with E-state index in [9.17, 15) is 4.79 Å². The predicted octanol–water partition coefficient (Wildman–Crippen LogP) is 3.43. The molecule has 2 aromatic rings. The van der Waals surface area contributed by atoms with E-state index >= 15 is 0 Å². The number of ether oxygens (including phenoxy) is 1. The number of nitrogens with zero attached hydrogens (tertiary/aromatic N) is 1. The molecule has 0 aromatic heterocycles. The third-order valence-electron chi connectivity index (χ3n) is 4.90. The molecule has 0 bridgehead atoms. The summed E-state index contributed by atoms with van der Waals surface area (Å²) in [7, 11) is 0. The monoisotopic (exact) mass is 334 g/mol. The number of carbonyl (C=O) groups excluding carboxylic acids is 1. The first-order chi connectivity index (χ1) is 12.2. The molecule has 1 N–H and O–H groups in total. The molecule has 0 unspecified atom stereocenters. The molecule has 4 nitrogen and oxygen atoms in total. The van der Waals surface area contributed by atoms with Gasteiger partial charge in [-0.25, -0.2) is 0 Å². The van der Waals surface area contributed by atoms with Gasteiger partial charge in [0.25, 0.3) is 5.91 Å². The van der Waals surface area contributed by atoms with Crippen LogP contribution in [0.25, 0.3) is 0 Å². The molecule has 2 aromatic carbocycles. The number of rotatable bonds is 4. The Morgan fingerprint density at radius 1 is 1.12 bits per heavy atom. The van der Waals surface area contributed by atoms with Crippen molar-refractivity contribution < 1.29 is 9.53 Å². The summed E-state index contributed by atoms with van der Waals surface area (Å²) in [5, 5.41) is 12.1. The molecule has 1 saturated heterocycles. The maximum Gasteiger partial charge on any atom is 0.251 e. The van der Waals surface area contributed by atoms with Crippen molar-refractivity contribution in [1.82, 2.24) is 5.32 Å². The van der Waals surface area contributed by atoms with Crippen molar-refractivity contribution in [3.63, 3.8) is 0 Å². The lowest BCUT2D eigenvalue weighted by Gasteiger charge is -2.33. The summed E-state index contributed by atoms with van der Waals surface area (Å²) in [5.41, 5.74) is 2.15. The molecule has 0 aliphatic carbocycles. The van der Waals surface area contributed by atoms with Crippen LogP contribution in [0.15, 0.2) is 54.6 Å². The van der Waals surface area contributed by atoms with E-state index in [-0.39, 0.29) is 11.3 Å². The van der Waals surface area contributed by atoms with Crippen LogP contribution in [0.3, 0.4) is 0 Å². The van der Waals surface area contributed by atoms with Gasteiger partial charge in [-0.2, -0.15) is 5.26 Å². The molecule has 0 saturated carbocycles. The fourth-order valence-electron chi connectivity index (χ4n) is 3.45. The van der Waals surface area contributed by atoms with Gasteiger partial charge in [0.2, 0.25) is 0 Å². The van der Waals surface area contributed by atoms with Crippen LogP contribution in [-0.4, -0.2) is 25.7 Å². The van der Waals surface area contributed by atoms with E-state index in [0.29, 0.717) is 24.3 Å². The first-order valence-electron chi connectivity index (χ1n) is 8.65. The highest BCUT2D eigenvalue weighted by molar-refractivity contribution is 5.94. The molecule has 3 rings (SSSR count). The Balaban J connectivity index is 1.79. The van der Waals surface area contributed by atoms with Gasteiger partial charge in [0.1, 0.15) is 0 Å². The molecule has 25 heavy (non-hydrogen) atoms. The molecule has 1 atom stereocenters. The van der Waals surface area contributed by atoms with Gasteiger partial charge in [-0.05, 0) is 43.0 Å². The van der Waals surface area contributed by atoms with Crippen LogP contribution in [0.1, 0.15) is 40.7 Å². The van der Waals surface area contributed by atoms with Crippen molar-refractivity contribution in [3.8, 4) is 6.07 Å². The number of benzene rings is 2. The van der Waals surface area contributed by atoms with E-state index in [2.05, 4.69) is 23.5 Å². The molecular formula is C21H22N2O2. The van der Waals surface area contributed by atoms with E-state index in [1.165, 1.54) is 5.56 Å². The highest BCUT2D eigenvalue weighted by atomic mass is 16.5. The molecule has 1 fully saturated rings. The van der Waals surface area contributed by atoms with Gasteiger partial charge in [0, 0.05) is 30.7 Å². The highest BCUT2D eigenvalue weighted by Crippen LogP contribution is 2.34. The van der Waals surface area contributed by atoms with Crippen molar-refractivity contribution in [1.29, 1.82) is 5.26 Å². The zero-order valence-electron chi connectivity index (χ0n) is 14.2. The summed E-state index contributed by atoms with van der Waals surface area (Å²) in [6.07, 6.45) is 2.85. The van der Waals surface area contributed by atoms with Crippen molar-refractivity contribution in [2.75, 3.05) is 19.8 Å². The van der Waals surface area contributed by atoms with Crippen LogP contribution < -0.4 is 5.32 Å². The van der Waals surface area contributed by atoms with E-state index < -0.39 is 0 Å². The summed E-state index contributed by atoms with van der Waals surface area (Å²) in [5.74, 6) is -0.141. The highest BCUT2D eigenvalue weighted by Gasteiger charge is 2.33. The number of hydrogen-bond acceptors (Lipinski definition) is 3.